The van der Waals surface area contributed by atoms with Gasteiger partial charge in [-0.25, -0.2) is 4.98 Å². The highest BCUT2D eigenvalue weighted by atomic mass is 35.5. The molecule has 1 aromatic rings. The SMILES string of the molecule is ClCc1csc(CCN2CCCCCCC2)n1. The van der Waals surface area contributed by atoms with E-state index in [4.69, 9.17) is 11.6 Å². The molecule has 1 fully saturated rings. The van der Waals surface area contributed by atoms with Crippen LogP contribution in [0.3, 0.4) is 0 Å². The summed E-state index contributed by atoms with van der Waals surface area (Å²) in [4.78, 5) is 7.11. The van der Waals surface area contributed by atoms with Crippen LogP contribution in [0.1, 0.15) is 42.8 Å². The summed E-state index contributed by atoms with van der Waals surface area (Å²) in [5.41, 5.74) is 1.03. The van der Waals surface area contributed by atoms with Gasteiger partial charge in [-0.2, -0.15) is 0 Å². The van der Waals surface area contributed by atoms with E-state index in [0.29, 0.717) is 5.88 Å². The van der Waals surface area contributed by atoms with Crippen LogP contribution in [-0.4, -0.2) is 29.5 Å². The second-order valence-electron chi connectivity index (χ2n) is 4.73. The summed E-state index contributed by atoms with van der Waals surface area (Å²) in [6, 6.07) is 0. The highest BCUT2D eigenvalue weighted by Gasteiger charge is 2.09. The van der Waals surface area contributed by atoms with Crippen LogP contribution < -0.4 is 0 Å². The molecule has 0 amide bonds. The Morgan fingerprint density at radius 3 is 2.53 bits per heavy atom. The Morgan fingerprint density at radius 1 is 1.18 bits per heavy atom. The van der Waals surface area contributed by atoms with E-state index in [1.54, 1.807) is 11.3 Å². The second-order valence-corrected chi connectivity index (χ2v) is 5.94. The van der Waals surface area contributed by atoms with E-state index in [2.05, 4.69) is 15.3 Å². The lowest BCUT2D eigenvalue weighted by Gasteiger charge is -2.23. The van der Waals surface area contributed by atoms with Gasteiger partial charge in [0, 0.05) is 18.3 Å². The monoisotopic (exact) mass is 272 g/mol. The quantitative estimate of drug-likeness (QED) is 0.777. The van der Waals surface area contributed by atoms with Gasteiger partial charge in [0.25, 0.3) is 0 Å². The summed E-state index contributed by atoms with van der Waals surface area (Å²) in [7, 11) is 0. The number of thiazole rings is 1. The third-order valence-corrected chi connectivity index (χ3v) is 4.56. The van der Waals surface area contributed by atoms with Gasteiger partial charge in [-0.3, -0.25) is 0 Å². The highest BCUT2D eigenvalue weighted by Crippen LogP contribution is 2.14. The van der Waals surface area contributed by atoms with Crippen LogP contribution in [0.25, 0.3) is 0 Å². The molecule has 0 unspecified atom stereocenters. The average Bonchev–Trinajstić information content (AvgIpc) is 2.75. The van der Waals surface area contributed by atoms with Crippen LogP contribution in [0.5, 0.6) is 0 Å². The van der Waals surface area contributed by atoms with Gasteiger partial charge in [0.2, 0.25) is 0 Å². The van der Waals surface area contributed by atoms with Gasteiger partial charge in [-0.1, -0.05) is 19.3 Å². The normalized spacial score (nSPS) is 18.9. The standard InChI is InChI=1S/C13H21ClN2S/c14-10-12-11-17-13(15-12)6-9-16-7-4-2-1-3-5-8-16/h11H,1-10H2. The van der Waals surface area contributed by atoms with Crippen LogP contribution >= 0.6 is 22.9 Å². The van der Waals surface area contributed by atoms with E-state index in [1.807, 2.05) is 0 Å². The maximum absolute atomic E-state index is 5.76. The fourth-order valence-corrected chi connectivity index (χ4v) is 3.33. The van der Waals surface area contributed by atoms with E-state index in [1.165, 1.54) is 50.2 Å². The van der Waals surface area contributed by atoms with Gasteiger partial charge in [0.15, 0.2) is 0 Å². The van der Waals surface area contributed by atoms with E-state index in [-0.39, 0.29) is 0 Å². The van der Waals surface area contributed by atoms with Crippen LogP contribution in [0, 0.1) is 0 Å². The lowest BCUT2D eigenvalue weighted by molar-refractivity contribution is 0.250. The third kappa shape index (κ3) is 4.57. The first-order chi connectivity index (χ1) is 8.38. The van der Waals surface area contributed by atoms with E-state index >= 15 is 0 Å². The van der Waals surface area contributed by atoms with Gasteiger partial charge in [-0.15, -0.1) is 22.9 Å². The second kappa shape index (κ2) is 7.34. The van der Waals surface area contributed by atoms with Crippen LogP contribution in [0.15, 0.2) is 5.38 Å². The van der Waals surface area contributed by atoms with Gasteiger partial charge >= 0.3 is 0 Å². The van der Waals surface area contributed by atoms with E-state index in [0.717, 1.165) is 18.7 Å². The zero-order valence-corrected chi connectivity index (χ0v) is 11.9. The lowest BCUT2D eigenvalue weighted by Crippen LogP contribution is -2.29. The lowest BCUT2D eigenvalue weighted by atomic mass is 10.1. The average molecular weight is 273 g/mol. The van der Waals surface area contributed by atoms with Crippen molar-refractivity contribution in [1.82, 2.24) is 9.88 Å². The zero-order chi connectivity index (χ0) is 11.9. The Bertz CT molecular complexity index is 319. The number of nitrogens with zero attached hydrogens (tertiary/aromatic N) is 2. The predicted octanol–water partition coefficient (Wildman–Crippen LogP) is 3.69. The molecule has 0 N–H and O–H groups in total. The van der Waals surface area contributed by atoms with Crippen LogP contribution in [0.2, 0.25) is 0 Å². The Morgan fingerprint density at radius 2 is 1.88 bits per heavy atom. The van der Waals surface area contributed by atoms with Crippen molar-refractivity contribution in [2.45, 2.75) is 44.4 Å². The van der Waals surface area contributed by atoms with Crippen molar-refractivity contribution in [3.05, 3.63) is 16.1 Å². The van der Waals surface area contributed by atoms with Crippen LogP contribution in [0.4, 0.5) is 0 Å². The topological polar surface area (TPSA) is 16.1 Å². The number of halogens is 1. The fraction of sp³-hybridized carbons (Fsp3) is 0.769. The largest absolute Gasteiger partial charge is 0.303 e. The molecule has 17 heavy (non-hydrogen) atoms. The van der Waals surface area contributed by atoms with Crippen molar-refractivity contribution in [1.29, 1.82) is 0 Å². The molecular weight excluding hydrogens is 252 g/mol. The van der Waals surface area contributed by atoms with Crippen molar-refractivity contribution >= 4 is 22.9 Å². The molecule has 0 saturated carbocycles. The zero-order valence-electron chi connectivity index (χ0n) is 10.3. The van der Waals surface area contributed by atoms with Crippen LogP contribution in [-0.2, 0) is 12.3 Å². The molecule has 1 aromatic heterocycles. The molecule has 1 aliphatic heterocycles. The molecule has 0 aromatic carbocycles. The summed E-state index contributed by atoms with van der Waals surface area (Å²) >= 11 is 7.51. The molecule has 2 nitrogen and oxygen atoms in total. The minimum Gasteiger partial charge on any atom is -0.303 e. The highest BCUT2D eigenvalue weighted by molar-refractivity contribution is 7.09. The maximum Gasteiger partial charge on any atom is 0.0941 e. The Kier molecular flexibility index (Phi) is 5.75. The summed E-state index contributed by atoms with van der Waals surface area (Å²) in [6.07, 6.45) is 8.06. The number of alkyl halides is 1. The molecule has 1 aliphatic rings. The van der Waals surface area contributed by atoms with Gasteiger partial charge in [0.1, 0.15) is 0 Å². The molecular formula is C13H21ClN2S. The van der Waals surface area contributed by atoms with Crippen molar-refractivity contribution in [2.24, 2.45) is 0 Å². The summed E-state index contributed by atoms with van der Waals surface area (Å²) < 4.78 is 0. The van der Waals surface area contributed by atoms with Crippen molar-refractivity contribution < 1.29 is 0 Å². The smallest absolute Gasteiger partial charge is 0.0941 e. The first kappa shape index (κ1) is 13.3. The summed E-state index contributed by atoms with van der Waals surface area (Å²) in [6.45, 7) is 3.71. The minimum atomic E-state index is 0.542. The number of rotatable bonds is 4. The van der Waals surface area contributed by atoms with Gasteiger partial charge < -0.3 is 4.90 Å². The van der Waals surface area contributed by atoms with E-state index < -0.39 is 0 Å². The Hall–Kier alpha value is -0.120. The molecule has 0 aliphatic carbocycles. The maximum atomic E-state index is 5.76. The first-order valence-corrected chi connectivity index (χ1v) is 8.01. The molecule has 0 atom stereocenters. The molecule has 0 spiro atoms. The van der Waals surface area contributed by atoms with Gasteiger partial charge in [-0.05, 0) is 25.9 Å². The molecule has 4 heteroatoms. The Labute approximate surface area is 113 Å². The summed E-state index contributed by atoms with van der Waals surface area (Å²) in [5, 5.41) is 3.32. The molecule has 96 valence electrons. The van der Waals surface area contributed by atoms with Crippen molar-refractivity contribution in [2.75, 3.05) is 19.6 Å². The van der Waals surface area contributed by atoms with Crippen molar-refractivity contribution in [3.63, 3.8) is 0 Å². The number of likely N-dealkylation sites (tertiary alicyclic amines) is 1. The number of hydrogen-bond donors (Lipinski definition) is 0. The third-order valence-electron chi connectivity index (χ3n) is 3.33. The number of hydrogen-bond acceptors (Lipinski definition) is 3. The molecule has 2 heterocycles. The summed E-state index contributed by atoms with van der Waals surface area (Å²) in [5.74, 6) is 0.542. The molecule has 0 radical (unpaired) electrons. The molecule has 0 bridgehead atoms. The van der Waals surface area contributed by atoms with Crippen molar-refractivity contribution in [3.8, 4) is 0 Å². The fourth-order valence-electron chi connectivity index (χ4n) is 2.32. The minimum absolute atomic E-state index is 0.542. The molecule has 1 saturated heterocycles. The van der Waals surface area contributed by atoms with E-state index in [9.17, 15) is 0 Å². The Balaban J connectivity index is 1.75. The van der Waals surface area contributed by atoms with Gasteiger partial charge in [0.05, 0.1) is 16.6 Å². The molecule has 2 rings (SSSR count). The number of aromatic nitrogens is 1. The first-order valence-electron chi connectivity index (χ1n) is 6.60. The predicted molar refractivity (Wildman–Crippen MR) is 74.9 cm³/mol.